The Kier molecular flexibility index (Phi) is 6.88. The van der Waals surface area contributed by atoms with E-state index in [1.165, 1.54) is 0 Å². The van der Waals surface area contributed by atoms with Gasteiger partial charge in [-0.1, -0.05) is 29.8 Å². The molecule has 3 aromatic carbocycles. The van der Waals surface area contributed by atoms with Crippen molar-refractivity contribution in [2.75, 3.05) is 29.9 Å². The van der Waals surface area contributed by atoms with Crippen molar-refractivity contribution < 1.29 is 19.1 Å². The number of amides is 2. The van der Waals surface area contributed by atoms with E-state index in [0.717, 1.165) is 35.5 Å². The van der Waals surface area contributed by atoms with Crippen molar-refractivity contribution in [2.24, 2.45) is 0 Å². The molecule has 180 valence electrons. The van der Waals surface area contributed by atoms with Crippen LogP contribution in [0.2, 0.25) is 5.02 Å². The number of fused-ring (bicyclic) bond motifs is 1. The van der Waals surface area contributed by atoms with E-state index in [0.29, 0.717) is 30.4 Å². The number of anilines is 2. The SMILES string of the molecule is O=C(CN1CCC(N2C(=O)OCc3cc(Cl)ccc32)CC1)Nc1ccc(Oc2ccccc2)cc1. The Morgan fingerprint density at radius 2 is 1.71 bits per heavy atom. The van der Waals surface area contributed by atoms with Gasteiger partial charge in [-0.15, -0.1) is 0 Å². The Hall–Kier alpha value is -3.55. The molecule has 0 aliphatic carbocycles. The van der Waals surface area contributed by atoms with Crippen molar-refractivity contribution in [1.82, 2.24) is 4.90 Å². The number of nitrogens with zero attached hydrogens (tertiary/aromatic N) is 2. The van der Waals surface area contributed by atoms with E-state index in [1.54, 1.807) is 11.0 Å². The molecular formula is C27H26ClN3O4. The highest BCUT2D eigenvalue weighted by molar-refractivity contribution is 6.30. The lowest BCUT2D eigenvalue weighted by Crippen LogP contribution is -2.50. The summed E-state index contributed by atoms with van der Waals surface area (Å²) in [7, 11) is 0. The van der Waals surface area contributed by atoms with E-state index in [2.05, 4.69) is 10.2 Å². The molecule has 7 nitrogen and oxygen atoms in total. The van der Waals surface area contributed by atoms with Gasteiger partial charge < -0.3 is 14.8 Å². The summed E-state index contributed by atoms with van der Waals surface area (Å²) < 4.78 is 11.2. The van der Waals surface area contributed by atoms with Crippen molar-refractivity contribution in [1.29, 1.82) is 0 Å². The van der Waals surface area contributed by atoms with Gasteiger partial charge >= 0.3 is 6.09 Å². The lowest BCUT2D eigenvalue weighted by atomic mass is 10.0. The van der Waals surface area contributed by atoms with Gasteiger partial charge in [0.15, 0.2) is 0 Å². The second kappa shape index (κ2) is 10.4. The predicted molar refractivity (Wildman–Crippen MR) is 135 cm³/mol. The molecule has 0 radical (unpaired) electrons. The summed E-state index contributed by atoms with van der Waals surface area (Å²) in [4.78, 5) is 29.0. The number of nitrogens with one attached hydrogen (secondary N) is 1. The number of cyclic esters (lactones) is 1. The van der Waals surface area contributed by atoms with Crippen LogP contribution >= 0.6 is 11.6 Å². The smallest absolute Gasteiger partial charge is 0.414 e. The molecule has 8 heteroatoms. The van der Waals surface area contributed by atoms with Crippen molar-refractivity contribution in [3.05, 3.63) is 83.4 Å². The van der Waals surface area contributed by atoms with Gasteiger partial charge in [0.05, 0.1) is 12.2 Å². The number of benzene rings is 3. The maximum absolute atomic E-state index is 12.6. The molecule has 0 atom stereocenters. The fourth-order valence-corrected chi connectivity index (χ4v) is 4.72. The zero-order valence-electron chi connectivity index (χ0n) is 19.2. The first-order chi connectivity index (χ1) is 17.0. The first kappa shape index (κ1) is 23.2. The second-order valence-corrected chi connectivity index (χ2v) is 9.13. The fraction of sp³-hybridized carbons (Fsp3) is 0.259. The predicted octanol–water partition coefficient (Wildman–Crippen LogP) is 5.69. The van der Waals surface area contributed by atoms with Gasteiger partial charge in [-0.3, -0.25) is 14.6 Å². The molecule has 1 fully saturated rings. The molecule has 2 aliphatic rings. The van der Waals surface area contributed by atoms with Crippen molar-refractivity contribution >= 4 is 35.0 Å². The van der Waals surface area contributed by atoms with Crippen molar-refractivity contribution in [2.45, 2.75) is 25.5 Å². The van der Waals surface area contributed by atoms with Crippen LogP contribution in [0, 0.1) is 0 Å². The summed E-state index contributed by atoms with van der Waals surface area (Å²) in [6.45, 7) is 1.97. The van der Waals surface area contributed by atoms with E-state index in [9.17, 15) is 9.59 Å². The molecule has 0 spiro atoms. The van der Waals surface area contributed by atoms with Gasteiger partial charge in [-0.05, 0) is 67.4 Å². The number of halogens is 1. The Balaban J connectivity index is 1.12. The summed E-state index contributed by atoms with van der Waals surface area (Å²) >= 11 is 6.10. The maximum atomic E-state index is 12.6. The third-order valence-electron chi connectivity index (χ3n) is 6.26. The summed E-state index contributed by atoms with van der Waals surface area (Å²) in [6, 6.07) is 22.4. The lowest BCUT2D eigenvalue weighted by molar-refractivity contribution is -0.117. The van der Waals surface area contributed by atoms with Crippen LogP contribution in [0.5, 0.6) is 11.5 Å². The quantitative estimate of drug-likeness (QED) is 0.479. The zero-order chi connectivity index (χ0) is 24.2. The number of para-hydroxylation sites is 1. The molecule has 1 N–H and O–H groups in total. The largest absolute Gasteiger partial charge is 0.457 e. The first-order valence-electron chi connectivity index (χ1n) is 11.6. The van der Waals surface area contributed by atoms with Gasteiger partial charge in [-0.2, -0.15) is 0 Å². The average Bonchev–Trinajstić information content (AvgIpc) is 2.87. The van der Waals surface area contributed by atoms with Crippen LogP contribution in [-0.4, -0.2) is 42.6 Å². The number of piperidine rings is 1. The van der Waals surface area contributed by atoms with Crippen LogP contribution in [0.25, 0.3) is 0 Å². The van der Waals surface area contributed by atoms with Crippen LogP contribution in [0.4, 0.5) is 16.2 Å². The zero-order valence-corrected chi connectivity index (χ0v) is 19.9. The van der Waals surface area contributed by atoms with Gasteiger partial charge in [-0.25, -0.2) is 4.79 Å². The van der Waals surface area contributed by atoms with E-state index in [1.807, 2.05) is 66.7 Å². The number of hydrogen-bond acceptors (Lipinski definition) is 5. The number of hydrogen-bond donors (Lipinski definition) is 1. The average molecular weight is 492 g/mol. The molecule has 35 heavy (non-hydrogen) atoms. The topological polar surface area (TPSA) is 71.1 Å². The Labute approximate surface area is 209 Å². The second-order valence-electron chi connectivity index (χ2n) is 8.69. The molecule has 0 saturated carbocycles. The minimum atomic E-state index is -0.323. The Bertz CT molecular complexity index is 1190. The molecular weight excluding hydrogens is 466 g/mol. The minimum Gasteiger partial charge on any atom is -0.457 e. The third kappa shape index (κ3) is 5.58. The molecule has 5 rings (SSSR count). The van der Waals surface area contributed by atoms with Gasteiger partial charge in [0, 0.05) is 35.4 Å². The highest BCUT2D eigenvalue weighted by Gasteiger charge is 2.34. The Morgan fingerprint density at radius 3 is 2.46 bits per heavy atom. The third-order valence-corrected chi connectivity index (χ3v) is 6.49. The van der Waals surface area contributed by atoms with Crippen LogP contribution < -0.4 is 15.0 Å². The molecule has 0 aromatic heterocycles. The molecule has 3 aromatic rings. The van der Waals surface area contributed by atoms with E-state index in [4.69, 9.17) is 21.1 Å². The number of carbonyl (C=O) groups excluding carboxylic acids is 2. The first-order valence-corrected chi connectivity index (χ1v) is 12.0. The summed E-state index contributed by atoms with van der Waals surface area (Å²) in [5, 5.41) is 3.57. The van der Waals surface area contributed by atoms with Gasteiger partial charge in [0.1, 0.15) is 18.1 Å². The molecule has 2 amide bonds. The van der Waals surface area contributed by atoms with E-state index >= 15 is 0 Å². The fourth-order valence-electron chi connectivity index (χ4n) is 4.53. The standard InChI is InChI=1S/C27H26ClN3O4/c28-20-6-11-25-19(16-20)18-34-27(33)31(25)22-12-14-30(15-13-22)17-26(32)29-21-7-9-24(10-8-21)35-23-4-2-1-3-5-23/h1-11,16,22H,12-15,17-18H2,(H,29,32). The van der Waals surface area contributed by atoms with E-state index < -0.39 is 0 Å². The number of likely N-dealkylation sites (tertiary alicyclic amines) is 1. The molecule has 2 aliphatic heterocycles. The van der Waals surface area contributed by atoms with Crippen LogP contribution in [0.3, 0.4) is 0 Å². The Morgan fingerprint density at radius 1 is 1.00 bits per heavy atom. The summed E-state index contributed by atoms with van der Waals surface area (Å²) in [5.41, 5.74) is 2.50. The number of carbonyl (C=O) groups is 2. The van der Waals surface area contributed by atoms with E-state index in [-0.39, 0.29) is 24.6 Å². The van der Waals surface area contributed by atoms with Crippen LogP contribution in [0.15, 0.2) is 72.8 Å². The summed E-state index contributed by atoms with van der Waals surface area (Å²) in [6.07, 6.45) is 1.20. The molecule has 1 saturated heterocycles. The number of ether oxygens (including phenoxy) is 2. The molecule has 0 unspecified atom stereocenters. The highest BCUT2D eigenvalue weighted by Crippen LogP contribution is 2.33. The monoisotopic (exact) mass is 491 g/mol. The normalized spacial score (nSPS) is 16.4. The van der Waals surface area contributed by atoms with Crippen molar-refractivity contribution in [3.8, 4) is 11.5 Å². The van der Waals surface area contributed by atoms with Crippen LogP contribution in [0.1, 0.15) is 18.4 Å². The minimum absolute atomic E-state index is 0.0270. The maximum Gasteiger partial charge on any atom is 0.414 e. The lowest BCUT2D eigenvalue weighted by Gasteiger charge is -2.40. The highest BCUT2D eigenvalue weighted by atomic mass is 35.5. The van der Waals surface area contributed by atoms with Crippen LogP contribution in [-0.2, 0) is 16.1 Å². The van der Waals surface area contributed by atoms with Gasteiger partial charge in [0.25, 0.3) is 0 Å². The van der Waals surface area contributed by atoms with Gasteiger partial charge in [0.2, 0.25) is 5.91 Å². The summed E-state index contributed by atoms with van der Waals surface area (Å²) in [5.74, 6) is 1.40. The molecule has 0 bridgehead atoms. The molecule has 2 heterocycles. The van der Waals surface area contributed by atoms with Crippen molar-refractivity contribution in [3.63, 3.8) is 0 Å². The number of rotatable bonds is 6.